The van der Waals surface area contributed by atoms with Gasteiger partial charge in [0, 0.05) is 4.47 Å². The largest absolute Gasteiger partial charge is 0.480 e. The number of benzene rings is 1. The molecule has 0 saturated carbocycles. The highest BCUT2D eigenvalue weighted by Crippen LogP contribution is 2.15. The molecule has 1 atom stereocenters. The molecule has 3 N–H and O–H groups in total. The van der Waals surface area contributed by atoms with Gasteiger partial charge in [-0.25, -0.2) is 0 Å². The fraction of sp³-hybridized carbons (Fsp3) is 0.125. The summed E-state index contributed by atoms with van der Waals surface area (Å²) in [7, 11) is 0. The fourth-order valence-corrected chi connectivity index (χ4v) is 1.08. The highest BCUT2D eigenvalue weighted by molar-refractivity contribution is 9.10. The maximum absolute atomic E-state index is 10.4. The summed E-state index contributed by atoms with van der Waals surface area (Å²) in [5.41, 5.74) is 5.98. The quantitative estimate of drug-likeness (QED) is 0.809. The van der Waals surface area contributed by atoms with Crippen LogP contribution in [0.1, 0.15) is 11.6 Å². The molecular weight excluding hydrogens is 222 g/mol. The van der Waals surface area contributed by atoms with Gasteiger partial charge in [-0.15, -0.1) is 0 Å². The summed E-state index contributed by atoms with van der Waals surface area (Å²) in [6.07, 6.45) is 0. The van der Waals surface area contributed by atoms with Crippen LogP contribution < -0.4 is 5.73 Å². The number of rotatable bonds is 2. The van der Waals surface area contributed by atoms with Gasteiger partial charge in [0.15, 0.2) is 0 Å². The number of nitrogens with two attached hydrogens (primary N) is 1. The zero-order chi connectivity index (χ0) is 9.14. The Morgan fingerprint density at radius 1 is 1.42 bits per heavy atom. The Hall–Kier alpha value is -0.870. The minimum atomic E-state index is -1.02. The maximum Gasteiger partial charge on any atom is 0.325 e. The summed E-state index contributed by atoms with van der Waals surface area (Å²) < 4.78 is 0.906. The van der Waals surface area contributed by atoms with Gasteiger partial charge in [0.05, 0.1) is 0 Å². The van der Waals surface area contributed by atoms with Crippen molar-refractivity contribution in [1.82, 2.24) is 0 Å². The van der Waals surface area contributed by atoms with Crippen molar-refractivity contribution in [3.05, 3.63) is 34.3 Å². The Morgan fingerprint density at radius 3 is 2.33 bits per heavy atom. The zero-order valence-electron chi connectivity index (χ0n) is 6.20. The van der Waals surface area contributed by atoms with E-state index in [-0.39, 0.29) is 0 Å². The molecule has 0 unspecified atom stereocenters. The van der Waals surface area contributed by atoms with Crippen molar-refractivity contribution < 1.29 is 9.90 Å². The van der Waals surface area contributed by atoms with Crippen molar-refractivity contribution in [2.75, 3.05) is 0 Å². The lowest BCUT2D eigenvalue weighted by Gasteiger charge is -2.05. The van der Waals surface area contributed by atoms with Gasteiger partial charge in [0.1, 0.15) is 6.04 Å². The van der Waals surface area contributed by atoms with Crippen molar-refractivity contribution >= 4 is 21.9 Å². The molecular formula is C8H8BrNO2. The van der Waals surface area contributed by atoms with Gasteiger partial charge in [-0.3, -0.25) is 4.79 Å². The molecule has 0 bridgehead atoms. The first-order valence-corrected chi connectivity index (χ1v) is 4.14. The Labute approximate surface area is 78.3 Å². The molecule has 0 heterocycles. The number of carbonyl (C=O) groups is 1. The van der Waals surface area contributed by atoms with E-state index >= 15 is 0 Å². The van der Waals surface area contributed by atoms with Crippen LogP contribution in [0.4, 0.5) is 0 Å². The summed E-state index contributed by atoms with van der Waals surface area (Å²) in [4.78, 5) is 10.4. The second kappa shape index (κ2) is 3.69. The van der Waals surface area contributed by atoms with E-state index in [9.17, 15) is 4.79 Å². The minimum Gasteiger partial charge on any atom is -0.480 e. The maximum atomic E-state index is 10.4. The second-order valence-electron chi connectivity index (χ2n) is 2.37. The molecule has 0 saturated heterocycles. The number of carboxylic acid groups (broad SMARTS) is 1. The van der Waals surface area contributed by atoms with Crippen LogP contribution in [0.15, 0.2) is 28.7 Å². The lowest BCUT2D eigenvalue weighted by atomic mass is 10.1. The molecule has 12 heavy (non-hydrogen) atoms. The lowest BCUT2D eigenvalue weighted by Crippen LogP contribution is -2.20. The van der Waals surface area contributed by atoms with E-state index in [4.69, 9.17) is 10.8 Å². The first-order valence-electron chi connectivity index (χ1n) is 3.35. The van der Waals surface area contributed by atoms with Gasteiger partial charge in [0.2, 0.25) is 0 Å². The van der Waals surface area contributed by atoms with Crippen LogP contribution in [0.2, 0.25) is 0 Å². The predicted molar refractivity (Wildman–Crippen MR) is 48.7 cm³/mol. The smallest absolute Gasteiger partial charge is 0.325 e. The van der Waals surface area contributed by atoms with Crippen molar-refractivity contribution in [3.63, 3.8) is 0 Å². The molecule has 64 valence electrons. The molecule has 3 nitrogen and oxygen atoms in total. The standard InChI is InChI=1S/C8H8BrNO2/c9-6-3-1-5(2-4-6)7(10)8(11)12/h1-4,7H,10H2,(H,11,12)/t7-/m0/s1. The lowest BCUT2D eigenvalue weighted by molar-refractivity contribution is -0.138. The van der Waals surface area contributed by atoms with E-state index in [0.29, 0.717) is 5.56 Å². The molecule has 0 amide bonds. The van der Waals surface area contributed by atoms with Gasteiger partial charge >= 0.3 is 5.97 Å². The Kier molecular flexibility index (Phi) is 2.83. The third-order valence-corrected chi connectivity index (χ3v) is 2.02. The molecule has 1 rings (SSSR count). The average Bonchev–Trinajstić information content (AvgIpc) is 2.04. The van der Waals surface area contributed by atoms with E-state index in [0.717, 1.165) is 4.47 Å². The third-order valence-electron chi connectivity index (χ3n) is 1.50. The van der Waals surface area contributed by atoms with Crippen LogP contribution in [0.5, 0.6) is 0 Å². The molecule has 0 aliphatic heterocycles. The van der Waals surface area contributed by atoms with Crippen molar-refractivity contribution in [3.8, 4) is 0 Å². The van der Waals surface area contributed by atoms with E-state index in [1.807, 2.05) is 0 Å². The van der Waals surface area contributed by atoms with Crippen molar-refractivity contribution in [2.24, 2.45) is 5.73 Å². The Morgan fingerprint density at radius 2 is 1.92 bits per heavy atom. The summed E-state index contributed by atoms with van der Waals surface area (Å²) in [5, 5.41) is 8.57. The molecule has 1 aromatic carbocycles. The van der Waals surface area contributed by atoms with Crippen LogP contribution in [0.3, 0.4) is 0 Å². The number of hydrogen-bond donors (Lipinski definition) is 2. The van der Waals surface area contributed by atoms with Crippen molar-refractivity contribution in [2.45, 2.75) is 6.04 Å². The second-order valence-corrected chi connectivity index (χ2v) is 3.28. The number of hydrogen-bond acceptors (Lipinski definition) is 2. The van der Waals surface area contributed by atoms with Crippen LogP contribution in [-0.2, 0) is 4.79 Å². The van der Waals surface area contributed by atoms with Gasteiger partial charge in [-0.2, -0.15) is 0 Å². The topological polar surface area (TPSA) is 63.3 Å². The highest BCUT2D eigenvalue weighted by Gasteiger charge is 2.12. The van der Waals surface area contributed by atoms with E-state index in [1.54, 1.807) is 24.3 Å². The first kappa shape index (κ1) is 9.22. The van der Waals surface area contributed by atoms with Gasteiger partial charge in [-0.1, -0.05) is 28.1 Å². The average molecular weight is 230 g/mol. The number of aliphatic carboxylic acids is 1. The van der Waals surface area contributed by atoms with Gasteiger partial charge in [-0.05, 0) is 17.7 Å². The SMILES string of the molecule is N[C@H](C(=O)O)c1ccc(Br)cc1. The molecule has 4 heteroatoms. The first-order chi connectivity index (χ1) is 5.61. The van der Waals surface area contributed by atoms with E-state index in [2.05, 4.69) is 15.9 Å². The summed E-state index contributed by atoms with van der Waals surface area (Å²) >= 11 is 3.24. The highest BCUT2D eigenvalue weighted by atomic mass is 79.9. The van der Waals surface area contributed by atoms with Crippen LogP contribution in [-0.4, -0.2) is 11.1 Å². The zero-order valence-corrected chi connectivity index (χ0v) is 7.78. The molecule has 0 aliphatic carbocycles. The monoisotopic (exact) mass is 229 g/mol. The van der Waals surface area contributed by atoms with Crippen LogP contribution in [0.25, 0.3) is 0 Å². The van der Waals surface area contributed by atoms with E-state index in [1.165, 1.54) is 0 Å². The Balaban J connectivity index is 2.89. The van der Waals surface area contributed by atoms with Crippen LogP contribution >= 0.6 is 15.9 Å². The molecule has 0 aromatic heterocycles. The number of halogens is 1. The molecule has 0 aliphatic rings. The molecule has 0 radical (unpaired) electrons. The number of carboxylic acids is 1. The molecule has 0 spiro atoms. The normalized spacial score (nSPS) is 12.5. The summed E-state index contributed by atoms with van der Waals surface area (Å²) in [6, 6.07) is 5.96. The Bertz CT molecular complexity index is 284. The van der Waals surface area contributed by atoms with Crippen LogP contribution in [0, 0.1) is 0 Å². The fourth-order valence-electron chi connectivity index (χ4n) is 0.813. The van der Waals surface area contributed by atoms with Gasteiger partial charge < -0.3 is 10.8 Å². The third kappa shape index (κ3) is 2.06. The minimum absolute atomic E-state index is 0.603. The summed E-state index contributed by atoms with van der Waals surface area (Å²) in [6.45, 7) is 0. The molecule has 0 fully saturated rings. The van der Waals surface area contributed by atoms with E-state index < -0.39 is 12.0 Å². The summed E-state index contributed by atoms with van der Waals surface area (Å²) in [5.74, 6) is -1.02. The predicted octanol–water partition coefficient (Wildman–Crippen LogP) is 1.53. The van der Waals surface area contributed by atoms with Gasteiger partial charge in [0.25, 0.3) is 0 Å². The molecule has 1 aromatic rings. The van der Waals surface area contributed by atoms with Crippen molar-refractivity contribution in [1.29, 1.82) is 0 Å².